The van der Waals surface area contributed by atoms with Crippen molar-refractivity contribution in [2.75, 3.05) is 25.9 Å². The fraction of sp³-hybridized carbons (Fsp3) is 0.400. The Morgan fingerprint density at radius 2 is 1.92 bits per heavy atom. The Balaban J connectivity index is 1.82. The zero-order valence-corrected chi connectivity index (χ0v) is 15.2. The average Bonchev–Trinajstić information content (AvgIpc) is 2.60. The third-order valence-corrected chi connectivity index (χ3v) is 3.95. The molecule has 0 amide bonds. The maximum Gasteiger partial charge on any atom is 0.164 e. The molecule has 0 saturated carbocycles. The topological polar surface area (TPSA) is 68.5 Å². The molecule has 25 heavy (non-hydrogen) atoms. The fourth-order valence-corrected chi connectivity index (χ4v) is 2.50. The van der Waals surface area contributed by atoms with Crippen LogP contribution < -0.4 is 10.5 Å². The molecule has 0 saturated heterocycles. The summed E-state index contributed by atoms with van der Waals surface area (Å²) in [5.74, 6) is 0.722. The predicted molar refractivity (Wildman–Crippen MR) is 101 cm³/mol. The number of benzene rings is 1. The molecule has 0 aliphatic heterocycles. The van der Waals surface area contributed by atoms with E-state index in [1.165, 1.54) is 5.56 Å². The van der Waals surface area contributed by atoms with E-state index in [-0.39, 0.29) is 11.9 Å². The summed E-state index contributed by atoms with van der Waals surface area (Å²) in [6.07, 6.45) is 5.07. The Labute approximate surface area is 149 Å². The standard InChI is InChI=1S/C20H27N3O2/c1-15(2)25-20-5-4-17(14-18(20)21)19(24)9-13-23(3)12-8-16-6-10-22-11-7-16/h4-7,10-11,14-15H,8-9,12-13,21H2,1-3H3. The van der Waals surface area contributed by atoms with Crippen LogP contribution in [0.2, 0.25) is 0 Å². The van der Waals surface area contributed by atoms with Crippen molar-refractivity contribution in [3.05, 3.63) is 53.9 Å². The van der Waals surface area contributed by atoms with Gasteiger partial charge in [0.15, 0.2) is 5.78 Å². The van der Waals surface area contributed by atoms with Gasteiger partial charge in [0.2, 0.25) is 0 Å². The number of ketones is 1. The number of aromatic nitrogens is 1. The molecule has 0 aliphatic carbocycles. The van der Waals surface area contributed by atoms with Crippen LogP contribution in [-0.4, -0.2) is 41.9 Å². The number of ether oxygens (including phenoxy) is 1. The molecule has 2 N–H and O–H groups in total. The van der Waals surface area contributed by atoms with Crippen molar-refractivity contribution in [1.29, 1.82) is 0 Å². The minimum absolute atomic E-state index is 0.0536. The van der Waals surface area contributed by atoms with Crippen LogP contribution in [0.25, 0.3) is 0 Å². The van der Waals surface area contributed by atoms with Gasteiger partial charge < -0.3 is 15.4 Å². The SMILES string of the molecule is CC(C)Oc1ccc(C(=O)CCN(C)CCc2ccncc2)cc1N. The third-order valence-electron chi connectivity index (χ3n) is 3.95. The van der Waals surface area contributed by atoms with Crippen LogP contribution in [-0.2, 0) is 6.42 Å². The number of Topliss-reactive ketones (excluding diaryl/α,β-unsaturated/α-hetero) is 1. The Morgan fingerprint density at radius 3 is 2.56 bits per heavy atom. The summed E-state index contributed by atoms with van der Waals surface area (Å²) < 4.78 is 5.60. The highest BCUT2D eigenvalue weighted by Crippen LogP contribution is 2.24. The number of likely N-dealkylation sites (N-methyl/N-ethyl adjacent to an activating group) is 1. The average molecular weight is 341 g/mol. The minimum Gasteiger partial charge on any atom is -0.489 e. The molecule has 1 heterocycles. The number of hydrogen-bond acceptors (Lipinski definition) is 5. The van der Waals surface area contributed by atoms with E-state index >= 15 is 0 Å². The molecule has 2 rings (SSSR count). The second kappa shape index (κ2) is 9.18. The van der Waals surface area contributed by atoms with Gasteiger partial charge in [-0.15, -0.1) is 0 Å². The maximum atomic E-state index is 12.4. The van der Waals surface area contributed by atoms with Gasteiger partial charge in [0.1, 0.15) is 5.75 Å². The van der Waals surface area contributed by atoms with E-state index in [0.717, 1.165) is 13.0 Å². The lowest BCUT2D eigenvalue weighted by molar-refractivity contribution is 0.0969. The largest absolute Gasteiger partial charge is 0.489 e. The normalized spacial score (nSPS) is 11.1. The van der Waals surface area contributed by atoms with E-state index in [2.05, 4.69) is 9.88 Å². The molecular formula is C20H27N3O2. The Bertz CT molecular complexity index is 687. The number of carbonyl (C=O) groups is 1. The van der Waals surface area contributed by atoms with Gasteiger partial charge in [-0.05, 0) is 63.2 Å². The Hall–Kier alpha value is -2.40. The molecule has 1 aromatic carbocycles. The molecule has 0 unspecified atom stereocenters. The first kappa shape index (κ1) is 18.9. The van der Waals surface area contributed by atoms with Crippen LogP contribution in [0.5, 0.6) is 5.75 Å². The highest BCUT2D eigenvalue weighted by atomic mass is 16.5. The molecule has 0 bridgehead atoms. The molecule has 1 aromatic heterocycles. The first-order valence-corrected chi connectivity index (χ1v) is 8.62. The summed E-state index contributed by atoms with van der Waals surface area (Å²) in [6.45, 7) is 5.51. The van der Waals surface area contributed by atoms with Crippen LogP contribution in [0.4, 0.5) is 5.69 Å². The lowest BCUT2D eigenvalue weighted by atomic mass is 10.1. The van der Waals surface area contributed by atoms with Gasteiger partial charge >= 0.3 is 0 Å². The molecular weight excluding hydrogens is 314 g/mol. The lowest BCUT2D eigenvalue weighted by Crippen LogP contribution is -2.24. The van der Waals surface area contributed by atoms with Crippen LogP contribution in [0, 0.1) is 0 Å². The van der Waals surface area contributed by atoms with Crippen LogP contribution in [0.15, 0.2) is 42.7 Å². The summed E-state index contributed by atoms with van der Waals surface area (Å²) in [5, 5.41) is 0. The predicted octanol–water partition coefficient (Wildman–Crippen LogP) is 3.20. The van der Waals surface area contributed by atoms with Gasteiger partial charge in [-0.1, -0.05) is 0 Å². The lowest BCUT2D eigenvalue weighted by Gasteiger charge is -2.16. The maximum absolute atomic E-state index is 12.4. The van der Waals surface area contributed by atoms with Crippen LogP contribution >= 0.6 is 0 Å². The van der Waals surface area contributed by atoms with Crippen molar-refractivity contribution in [3.8, 4) is 5.75 Å². The smallest absolute Gasteiger partial charge is 0.164 e. The number of carbonyl (C=O) groups excluding carboxylic acids is 1. The number of nitrogens with two attached hydrogens (primary N) is 1. The number of nitrogen functional groups attached to an aromatic ring is 1. The second-order valence-electron chi connectivity index (χ2n) is 6.50. The van der Waals surface area contributed by atoms with Gasteiger partial charge in [0.25, 0.3) is 0 Å². The van der Waals surface area contributed by atoms with Gasteiger partial charge in [0, 0.05) is 37.5 Å². The van der Waals surface area contributed by atoms with E-state index in [1.54, 1.807) is 30.6 Å². The zero-order chi connectivity index (χ0) is 18.2. The van der Waals surface area contributed by atoms with Crippen molar-refractivity contribution in [2.45, 2.75) is 32.8 Å². The molecule has 2 aromatic rings. The molecule has 0 radical (unpaired) electrons. The summed E-state index contributed by atoms with van der Waals surface area (Å²) in [6, 6.07) is 9.30. The summed E-state index contributed by atoms with van der Waals surface area (Å²) in [4.78, 5) is 18.6. The van der Waals surface area contributed by atoms with Gasteiger partial charge in [-0.2, -0.15) is 0 Å². The molecule has 5 nitrogen and oxygen atoms in total. The highest BCUT2D eigenvalue weighted by Gasteiger charge is 2.11. The van der Waals surface area contributed by atoms with E-state index < -0.39 is 0 Å². The van der Waals surface area contributed by atoms with Crippen molar-refractivity contribution < 1.29 is 9.53 Å². The highest BCUT2D eigenvalue weighted by molar-refractivity contribution is 5.97. The van der Waals surface area contributed by atoms with Crippen molar-refractivity contribution in [2.24, 2.45) is 0 Å². The van der Waals surface area contributed by atoms with Crippen molar-refractivity contribution in [3.63, 3.8) is 0 Å². The number of pyridine rings is 1. The van der Waals surface area contributed by atoms with Gasteiger partial charge in [-0.3, -0.25) is 9.78 Å². The van der Waals surface area contributed by atoms with E-state index in [0.29, 0.717) is 30.0 Å². The molecule has 0 spiro atoms. The van der Waals surface area contributed by atoms with Crippen LogP contribution in [0.3, 0.4) is 0 Å². The monoisotopic (exact) mass is 341 g/mol. The number of nitrogens with zero attached hydrogens (tertiary/aromatic N) is 2. The molecule has 0 aliphatic rings. The quantitative estimate of drug-likeness (QED) is 0.560. The zero-order valence-electron chi connectivity index (χ0n) is 15.2. The third kappa shape index (κ3) is 6.19. The minimum atomic E-state index is 0.0536. The number of anilines is 1. The Kier molecular flexibility index (Phi) is 6.95. The molecule has 134 valence electrons. The number of hydrogen-bond donors (Lipinski definition) is 1. The van der Waals surface area contributed by atoms with E-state index in [9.17, 15) is 4.79 Å². The van der Waals surface area contributed by atoms with Crippen molar-refractivity contribution in [1.82, 2.24) is 9.88 Å². The fourth-order valence-electron chi connectivity index (χ4n) is 2.50. The van der Waals surface area contributed by atoms with Crippen molar-refractivity contribution >= 4 is 11.5 Å². The van der Waals surface area contributed by atoms with Gasteiger partial charge in [-0.25, -0.2) is 0 Å². The molecule has 5 heteroatoms. The number of rotatable bonds is 9. The molecule has 0 fully saturated rings. The Morgan fingerprint density at radius 1 is 1.20 bits per heavy atom. The summed E-state index contributed by atoms with van der Waals surface area (Å²) >= 11 is 0. The summed E-state index contributed by atoms with van der Waals surface area (Å²) in [5.41, 5.74) is 8.37. The van der Waals surface area contributed by atoms with Gasteiger partial charge in [0.05, 0.1) is 11.8 Å². The van der Waals surface area contributed by atoms with Crippen LogP contribution in [0.1, 0.15) is 36.2 Å². The first-order chi connectivity index (χ1) is 12.0. The first-order valence-electron chi connectivity index (χ1n) is 8.62. The summed E-state index contributed by atoms with van der Waals surface area (Å²) in [7, 11) is 2.03. The molecule has 0 atom stereocenters. The second-order valence-corrected chi connectivity index (χ2v) is 6.50. The van der Waals surface area contributed by atoms with E-state index in [4.69, 9.17) is 10.5 Å². The van der Waals surface area contributed by atoms with E-state index in [1.807, 2.05) is 33.0 Å².